The molecule has 8 heteroatoms. The van der Waals surface area contributed by atoms with Gasteiger partial charge >= 0.3 is 0 Å². The van der Waals surface area contributed by atoms with Crippen molar-refractivity contribution < 1.29 is 13.2 Å². The molecule has 4 nitrogen and oxygen atoms in total. The average molecular weight is 391 g/mol. The summed E-state index contributed by atoms with van der Waals surface area (Å²) in [5, 5.41) is 1.83. The van der Waals surface area contributed by atoms with Crippen molar-refractivity contribution in [3.8, 4) is 0 Å². The third-order valence-electron chi connectivity index (χ3n) is 2.72. The SMILES string of the molecule is O=C(NS(=O)(=O)C=Cc1ccc(Cl)cc1)c1ccc(Cl)cc1Cl. The molecular formula is C15H10Cl3NO3S. The van der Waals surface area contributed by atoms with Crippen molar-refractivity contribution in [2.75, 3.05) is 0 Å². The highest BCUT2D eigenvalue weighted by Crippen LogP contribution is 2.21. The quantitative estimate of drug-likeness (QED) is 0.842. The molecule has 0 aromatic heterocycles. The number of hydrogen-bond donors (Lipinski definition) is 1. The fourth-order valence-corrected chi connectivity index (χ4v) is 3.03. The predicted octanol–water partition coefficient (Wildman–Crippen LogP) is 4.38. The number of halogens is 3. The Hall–Kier alpha value is -1.53. The van der Waals surface area contributed by atoms with Crippen LogP contribution in [0.3, 0.4) is 0 Å². The number of carbonyl (C=O) groups excluding carboxylic acids is 1. The second kappa shape index (κ2) is 7.36. The maximum absolute atomic E-state index is 12.0. The van der Waals surface area contributed by atoms with Gasteiger partial charge in [-0.1, -0.05) is 46.9 Å². The predicted molar refractivity (Wildman–Crippen MR) is 93.3 cm³/mol. The van der Waals surface area contributed by atoms with Crippen LogP contribution in [0.1, 0.15) is 15.9 Å². The summed E-state index contributed by atoms with van der Waals surface area (Å²) >= 11 is 17.3. The molecule has 0 heterocycles. The number of rotatable bonds is 4. The summed E-state index contributed by atoms with van der Waals surface area (Å²) in [6, 6.07) is 10.7. The van der Waals surface area contributed by atoms with E-state index < -0.39 is 15.9 Å². The monoisotopic (exact) mass is 389 g/mol. The Labute approximate surface area is 148 Å². The van der Waals surface area contributed by atoms with Crippen LogP contribution in [0.15, 0.2) is 47.9 Å². The minimum atomic E-state index is -3.97. The largest absolute Gasteiger partial charge is 0.268 e. The number of sulfonamides is 1. The fraction of sp³-hybridized carbons (Fsp3) is 0. The van der Waals surface area contributed by atoms with E-state index in [0.29, 0.717) is 15.6 Å². The van der Waals surface area contributed by atoms with Gasteiger partial charge in [0.25, 0.3) is 15.9 Å². The lowest BCUT2D eigenvalue weighted by Gasteiger charge is -2.05. The normalized spacial score (nSPS) is 11.6. The number of hydrogen-bond acceptors (Lipinski definition) is 3. The van der Waals surface area contributed by atoms with E-state index in [4.69, 9.17) is 34.8 Å². The molecular weight excluding hydrogens is 381 g/mol. The van der Waals surface area contributed by atoms with Gasteiger partial charge in [-0.3, -0.25) is 4.79 Å². The molecule has 0 aliphatic rings. The lowest BCUT2D eigenvalue weighted by atomic mass is 10.2. The summed E-state index contributed by atoms with van der Waals surface area (Å²) in [6.45, 7) is 0. The number of carbonyl (C=O) groups is 1. The maximum atomic E-state index is 12.0. The molecule has 0 unspecified atom stereocenters. The van der Waals surface area contributed by atoms with Crippen LogP contribution >= 0.6 is 34.8 Å². The molecule has 0 aliphatic carbocycles. The average Bonchev–Trinajstić information content (AvgIpc) is 2.46. The fourth-order valence-electron chi connectivity index (χ4n) is 1.63. The van der Waals surface area contributed by atoms with Gasteiger partial charge < -0.3 is 0 Å². The van der Waals surface area contributed by atoms with E-state index in [9.17, 15) is 13.2 Å². The molecule has 0 bridgehead atoms. The molecule has 1 amide bonds. The van der Waals surface area contributed by atoms with Gasteiger partial charge in [0.2, 0.25) is 0 Å². The molecule has 0 atom stereocenters. The molecule has 0 aliphatic heterocycles. The van der Waals surface area contributed by atoms with Crippen LogP contribution in [-0.2, 0) is 10.0 Å². The molecule has 2 rings (SSSR count). The topological polar surface area (TPSA) is 63.2 Å². The molecule has 2 aromatic carbocycles. The van der Waals surface area contributed by atoms with Gasteiger partial charge in [0, 0.05) is 10.0 Å². The van der Waals surface area contributed by atoms with E-state index >= 15 is 0 Å². The third-order valence-corrected chi connectivity index (χ3v) is 4.48. The Morgan fingerprint density at radius 3 is 2.17 bits per heavy atom. The van der Waals surface area contributed by atoms with Crippen molar-refractivity contribution in [2.45, 2.75) is 0 Å². The van der Waals surface area contributed by atoms with Gasteiger partial charge in [-0.05, 0) is 42.0 Å². The van der Waals surface area contributed by atoms with Crippen LogP contribution in [0, 0.1) is 0 Å². The Morgan fingerprint density at radius 2 is 1.57 bits per heavy atom. The lowest BCUT2D eigenvalue weighted by molar-refractivity contribution is 0.0982. The minimum absolute atomic E-state index is 0.0135. The van der Waals surface area contributed by atoms with Crippen LogP contribution in [-0.4, -0.2) is 14.3 Å². The molecule has 2 aromatic rings. The standard InChI is InChI=1S/C15H10Cl3NO3S/c16-11-3-1-10(2-4-11)7-8-23(21,22)19-15(20)13-6-5-12(17)9-14(13)18/h1-9H,(H,19,20). The first-order valence-corrected chi connectivity index (χ1v) is 8.91. The number of nitrogens with one attached hydrogen (secondary N) is 1. The van der Waals surface area contributed by atoms with E-state index in [2.05, 4.69) is 0 Å². The maximum Gasteiger partial charge on any atom is 0.266 e. The van der Waals surface area contributed by atoms with Gasteiger partial charge in [0.05, 0.1) is 16.0 Å². The molecule has 1 N–H and O–H groups in total. The summed E-state index contributed by atoms with van der Waals surface area (Å²) in [7, 11) is -3.97. The van der Waals surface area contributed by atoms with Crippen molar-refractivity contribution in [2.24, 2.45) is 0 Å². The van der Waals surface area contributed by atoms with E-state index in [1.165, 1.54) is 24.3 Å². The van der Waals surface area contributed by atoms with Gasteiger partial charge in [0.15, 0.2) is 0 Å². The Bertz CT molecular complexity index is 862. The zero-order valence-corrected chi connectivity index (χ0v) is 14.5. The lowest BCUT2D eigenvalue weighted by Crippen LogP contribution is -2.29. The van der Waals surface area contributed by atoms with E-state index in [1.54, 1.807) is 24.3 Å². The first kappa shape index (κ1) is 17.8. The first-order chi connectivity index (χ1) is 10.8. The van der Waals surface area contributed by atoms with Gasteiger partial charge in [-0.2, -0.15) is 0 Å². The minimum Gasteiger partial charge on any atom is -0.268 e. The summed E-state index contributed by atoms with van der Waals surface area (Å²) in [5.74, 6) is -0.840. The van der Waals surface area contributed by atoms with Crippen molar-refractivity contribution in [1.29, 1.82) is 0 Å². The van der Waals surface area contributed by atoms with Gasteiger partial charge in [0.1, 0.15) is 0 Å². The summed E-state index contributed by atoms with van der Waals surface area (Å²) in [6.07, 6.45) is 1.34. The molecule has 0 radical (unpaired) electrons. The molecule has 0 saturated heterocycles. The van der Waals surface area contributed by atoms with Crippen molar-refractivity contribution in [3.63, 3.8) is 0 Å². The molecule has 23 heavy (non-hydrogen) atoms. The summed E-state index contributed by atoms with van der Waals surface area (Å²) in [5.41, 5.74) is 0.635. The highest BCUT2D eigenvalue weighted by atomic mass is 35.5. The molecule has 120 valence electrons. The Kier molecular flexibility index (Phi) is 5.70. The third kappa shape index (κ3) is 5.25. The van der Waals surface area contributed by atoms with Crippen LogP contribution < -0.4 is 4.72 Å². The Balaban J connectivity index is 2.14. The van der Waals surface area contributed by atoms with Gasteiger partial charge in [-0.25, -0.2) is 13.1 Å². The summed E-state index contributed by atoms with van der Waals surface area (Å²) in [4.78, 5) is 12.0. The smallest absolute Gasteiger partial charge is 0.266 e. The number of benzene rings is 2. The second-order valence-electron chi connectivity index (χ2n) is 4.45. The first-order valence-electron chi connectivity index (χ1n) is 6.23. The van der Waals surface area contributed by atoms with Crippen LogP contribution in [0.2, 0.25) is 15.1 Å². The zero-order chi connectivity index (χ0) is 17.0. The highest BCUT2D eigenvalue weighted by Gasteiger charge is 2.16. The van der Waals surface area contributed by atoms with E-state index in [-0.39, 0.29) is 10.6 Å². The van der Waals surface area contributed by atoms with Gasteiger partial charge in [-0.15, -0.1) is 0 Å². The van der Waals surface area contributed by atoms with E-state index in [0.717, 1.165) is 5.41 Å². The summed E-state index contributed by atoms with van der Waals surface area (Å²) < 4.78 is 25.7. The Morgan fingerprint density at radius 1 is 0.957 bits per heavy atom. The molecule has 0 fully saturated rings. The van der Waals surface area contributed by atoms with Crippen LogP contribution in [0.25, 0.3) is 6.08 Å². The van der Waals surface area contributed by atoms with E-state index in [1.807, 2.05) is 4.72 Å². The zero-order valence-electron chi connectivity index (χ0n) is 11.5. The van der Waals surface area contributed by atoms with Crippen molar-refractivity contribution >= 4 is 56.8 Å². The second-order valence-corrected chi connectivity index (χ2v) is 7.30. The molecule has 0 saturated carbocycles. The van der Waals surface area contributed by atoms with Crippen LogP contribution in [0.5, 0.6) is 0 Å². The van der Waals surface area contributed by atoms with Crippen molar-refractivity contribution in [1.82, 2.24) is 4.72 Å². The molecule has 0 spiro atoms. The van der Waals surface area contributed by atoms with Crippen LogP contribution in [0.4, 0.5) is 0 Å². The number of amides is 1. The highest BCUT2D eigenvalue weighted by molar-refractivity contribution is 7.93. The van der Waals surface area contributed by atoms with Crippen molar-refractivity contribution in [3.05, 3.63) is 74.1 Å².